The predicted octanol–water partition coefficient (Wildman–Crippen LogP) is 2.96. The van der Waals surface area contributed by atoms with Crippen LogP contribution in [0.3, 0.4) is 0 Å². The molecule has 0 aromatic heterocycles. The molecular weight excluding hydrogens is 289 g/mol. The van der Waals surface area contributed by atoms with E-state index in [4.69, 9.17) is 0 Å². The van der Waals surface area contributed by atoms with Crippen molar-refractivity contribution >= 4 is 5.69 Å². The number of hydrogen-bond acceptors (Lipinski definition) is 3. The van der Waals surface area contributed by atoms with Gasteiger partial charge >= 0.3 is 0 Å². The van der Waals surface area contributed by atoms with Gasteiger partial charge in [0, 0.05) is 50.5 Å². The molecule has 1 aromatic rings. The smallest absolute Gasteiger partial charge is 0.123 e. The van der Waals surface area contributed by atoms with Crippen LogP contribution >= 0.6 is 0 Å². The van der Waals surface area contributed by atoms with Crippen molar-refractivity contribution in [3.05, 3.63) is 30.1 Å². The van der Waals surface area contributed by atoms with Crippen molar-refractivity contribution in [2.24, 2.45) is 0 Å². The minimum absolute atomic E-state index is 0.148. The Morgan fingerprint density at radius 1 is 0.739 bits per heavy atom. The van der Waals surface area contributed by atoms with E-state index in [-0.39, 0.29) is 5.82 Å². The minimum atomic E-state index is -0.148. The highest BCUT2D eigenvalue weighted by Gasteiger charge is 2.32. The Morgan fingerprint density at radius 2 is 1.43 bits per heavy atom. The molecule has 1 aromatic carbocycles. The first-order valence-electron chi connectivity index (χ1n) is 9.28. The molecule has 23 heavy (non-hydrogen) atoms. The van der Waals surface area contributed by atoms with Gasteiger partial charge in [0.25, 0.3) is 0 Å². The molecule has 1 aliphatic carbocycles. The number of halogens is 1. The molecule has 0 spiro atoms. The van der Waals surface area contributed by atoms with Crippen LogP contribution in [0.15, 0.2) is 24.3 Å². The summed E-state index contributed by atoms with van der Waals surface area (Å²) in [5, 5.41) is 0. The summed E-state index contributed by atoms with van der Waals surface area (Å²) in [4.78, 5) is 7.84. The fourth-order valence-corrected chi connectivity index (χ4v) is 4.36. The van der Waals surface area contributed by atoms with Crippen LogP contribution in [0.25, 0.3) is 0 Å². The lowest BCUT2D eigenvalue weighted by molar-refractivity contribution is 0.0419. The predicted molar refractivity (Wildman–Crippen MR) is 92.4 cm³/mol. The van der Waals surface area contributed by atoms with E-state index >= 15 is 0 Å². The molecule has 4 rings (SSSR count). The van der Waals surface area contributed by atoms with E-state index in [1.807, 2.05) is 12.1 Å². The standard InChI is InChI=1S/C19H28FN3/c20-16-6-8-18(9-7-16)21-11-13-22(14-12-21)19-5-2-10-23(15-19)17-3-1-4-17/h6-9,17,19H,1-5,10-15H2/t19-/m0/s1. The van der Waals surface area contributed by atoms with Gasteiger partial charge in [-0.05, 0) is 56.5 Å². The quantitative estimate of drug-likeness (QED) is 0.848. The molecule has 2 aliphatic heterocycles. The number of anilines is 1. The number of piperazine rings is 1. The maximum absolute atomic E-state index is 13.1. The Hall–Kier alpha value is -1.13. The van der Waals surface area contributed by atoms with Crippen molar-refractivity contribution in [2.45, 2.75) is 44.2 Å². The fourth-order valence-electron chi connectivity index (χ4n) is 4.36. The van der Waals surface area contributed by atoms with Gasteiger partial charge in [-0.2, -0.15) is 0 Å². The maximum atomic E-state index is 13.1. The third kappa shape index (κ3) is 3.38. The summed E-state index contributed by atoms with van der Waals surface area (Å²) in [5.41, 5.74) is 1.16. The number of piperidine rings is 1. The van der Waals surface area contributed by atoms with Gasteiger partial charge in [-0.25, -0.2) is 4.39 Å². The fraction of sp³-hybridized carbons (Fsp3) is 0.684. The van der Waals surface area contributed by atoms with E-state index < -0.39 is 0 Å². The van der Waals surface area contributed by atoms with Gasteiger partial charge in [0.1, 0.15) is 5.82 Å². The van der Waals surface area contributed by atoms with Crippen LogP contribution in [0.2, 0.25) is 0 Å². The average Bonchev–Trinajstić information content (AvgIpc) is 2.55. The van der Waals surface area contributed by atoms with Crippen LogP contribution in [0.1, 0.15) is 32.1 Å². The topological polar surface area (TPSA) is 9.72 Å². The summed E-state index contributed by atoms with van der Waals surface area (Å²) >= 11 is 0. The van der Waals surface area contributed by atoms with Gasteiger partial charge in [-0.15, -0.1) is 0 Å². The van der Waals surface area contributed by atoms with Crippen molar-refractivity contribution in [3.63, 3.8) is 0 Å². The van der Waals surface area contributed by atoms with Crippen LogP contribution in [0.4, 0.5) is 10.1 Å². The SMILES string of the molecule is Fc1ccc(N2CCN([C@H]3CCCN(C4CCC4)C3)CC2)cc1. The van der Waals surface area contributed by atoms with Crippen LogP contribution in [-0.4, -0.2) is 61.2 Å². The van der Waals surface area contributed by atoms with E-state index in [1.165, 1.54) is 45.2 Å². The van der Waals surface area contributed by atoms with Gasteiger partial charge in [0.2, 0.25) is 0 Å². The number of nitrogens with zero attached hydrogens (tertiary/aromatic N) is 3. The molecule has 2 saturated heterocycles. The zero-order chi connectivity index (χ0) is 15.6. The summed E-state index contributed by atoms with van der Waals surface area (Å²) < 4.78 is 13.1. The van der Waals surface area contributed by atoms with Gasteiger partial charge in [0.15, 0.2) is 0 Å². The summed E-state index contributed by atoms with van der Waals surface area (Å²) in [7, 11) is 0. The monoisotopic (exact) mass is 317 g/mol. The third-order valence-electron chi connectivity index (χ3n) is 6.04. The van der Waals surface area contributed by atoms with Crippen LogP contribution in [0, 0.1) is 5.82 Å². The second kappa shape index (κ2) is 6.78. The number of rotatable bonds is 3. The minimum Gasteiger partial charge on any atom is -0.369 e. The molecule has 0 N–H and O–H groups in total. The van der Waals surface area contributed by atoms with Crippen LogP contribution in [0.5, 0.6) is 0 Å². The zero-order valence-corrected chi connectivity index (χ0v) is 14.0. The third-order valence-corrected chi connectivity index (χ3v) is 6.04. The summed E-state index contributed by atoms with van der Waals surface area (Å²) in [6, 6.07) is 8.59. The Bertz CT molecular complexity index is 506. The van der Waals surface area contributed by atoms with Gasteiger partial charge in [-0.3, -0.25) is 9.80 Å². The number of benzene rings is 1. The van der Waals surface area contributed by atoms with E-state index in [0.717, 1.165) is 44.0 Å². The van der Waals surface area contributed by atoms with Crippen molar-refractivity contribution in [1.29, 1.82) is 0 Å². The van der Waals surface area contributed by atoms with E-state index in [2.05, 4.69) is 14.7 Å². The molecule has 126 valence electrons. The number of likely N-dealkylation sites (tertiary alicyclic amines) is 1. The first-order chi connectivity index (χ1) is 11.3. The molecule has 1 atom stereocenters. The van der Waals surface area contributed by atoms with Crippen molar-refractivity contribution in [1.82, 2.24) is 9.80 Å². The molecule has 0 radical (unpaired) electrons. The van der Waals surface area contributed by atoms with Crippen molar-refractivity contribution < 1.29 is 4.39 Å². The summed E-state index contributed by atoms with van der Waals surface area (Å²) in [6.45, 7) is 7.00. The highest BCUT2D eigenvalue weighted by Crippen LogP contribution is 2.29. The molecule has 0 bridgehead atoms. The molecule has 4 heteroatoms. The van der Waals surface area contributed by atoms with Gasteiger partial charge in [0.05, 0.1) is 0 Å². The van der Waals surface area contributed by atoms with E-state index in [1.54, 1.807) is 12.1 Å². The maximum Gasteiger partial charge on any atom is 0.123 e. The number of hydrogen-bond donors (Lipinski definition) is 0. The lowest BCUT2D eigenvalue weighted by Crippen LogP contribution is -2.57. The van der Waals surface area contributed by atoms with Crippen LogP contribution < -0.4 is 4.90 Å². The lowest BCUT2D eigenvalue weighted by Gasteiger charge is -2.47. The summed E-state index contributed by atoms with van der Waals surface area (Å²) in [6.07, 6.45) is 7.00. The van der Waals surface area contributed by atoms with Crippen molar-refractivity contribution in [2.75, 3.05) is 44.2 Å². The molecule has 3 aliphatic rings. The van der Waals surface area contributed by atoms with E-state index in [9.17, 15) is 4.39 Å². The molecule has 0 unspecified atom stereocenters. The largest absolute Gasteiger partial charge is 0.369 e. The molecule has 1 saturated carbocycles. The Morgan fingerprint density at radius 3 is 2.09 bits per heavy atom. The van der Waals surface area contributed by atoms with Crippen LogP contribution in [-0.2, 0) is 0 Å². The molecule has 3 nitrogen and oxygen atoms in total. The van der Waals surface area contributed by atoms with Gasteiger partial charge < -0.3 is 4.90 Å². The molecular formula is C19H28FN3. The Balaban J connectivity index is 1.31. The first-order valence-corrected chi connectivity index (χ1v) is 9.28. The lowest BCUT2D eigenvalue weighted by atomic mass is 9.89. The molecule has 2 heterocycles. The van der Waals surface area contributed by atoms with E-state index in [0.29, 0.717) is 0 Å². The zero-order valence-electron chi connectivity index (χ0n) is 14.0. The van der Waals surface area contributed by atoms with Crippen molar-refractivity contribution in [3.8, 4) is 0 Å². The molecule has 0 amide bonds. The Labute approximate surface area is 139 Å². The molecule has 3 fully saturated rings. The summed E-state index contributed by atoms with van der Waals surface area (Å²) in [5.74, 6) is -0.148. The average molecular weight is 317 g/mol. The Kier molecular flexibility index (Phi) is 4.54. The highest BCUT2D eigenvalue weighted by molar-refractivity contribution is 5.46. The second-order valence-electron chi connectivity index (χ2n) is 7.38. The van der Waals surface area contributed by atoms with Gasteiger partial charge in [-0.1, -0.05) is 6.42 Å². The second-order valence-corrected chi connectivity index (χ2v) is 7.38. The normalized spacial score (nSPS) is 27.9. The highest BCUT2D eigenvalue weighted by atomic mass is 19.1. The first kappa shape index (κ1) is 15.4.